The monoisotopic (exact) mass is 353 g/mol. The number of halogens is 2. The Morgan fingerprint density at radius 3 is 2.42 bits per heavy atom. The third-order valence-corrected chi connectivity index (χ3v) is 3.62. The molecule has 3 aromatic rings. The highest BCUT2D eigenvalue weighted by Crippen LogP contribution is 2.28. The molecule has 4 N–H and O–H groups in total. The molecule has 0 aliphatic carbocycles. The zero-order valence-corrected chi connectivity index (χ0v) is 13.4. The first kappa shape index (κ1) is 17.1. The van der Waals surface area contributed by atoms with Crippen LogP contribution in [-0.4, -0.2) is 9.97 Å². The van der Waals surface area contributed by atoms with Crippen LogP contribution >= 0.6 is 0 Å². The van der Waals surface area contributed by atoms with Gasteiger partial charge in [-0.3, -0.25) is 0 Å². The van der Waals surface area contributed by atoms with Crippen LogP contribution in [0.2, 0.25) is 0 Å². The van der Waals surface area contributed by atoms with Crippen molar-refractivity contribution in [2.24, 2.45) is 0 Å². The lowest BCUT2D eigenvalue weighted by Crippen LogP contribution is -2.05. The first-order chi connectivity index (χ1) is 12.5. The number of hydrogen-bond donors (Lipinski definition) is 2. The molecule has 0 aliphatic heterocycles. The highest BCUT2D eigenvalue weighted by Gasteiger charge is 2.14. The molecule has 0 fully saturated rings. The Morgan fingerprint density at radius 1 is 1.04 bits per heavy atom. The number of nitrogens with zero attached hydrogens (tertiary/aromatic N) is 3. The van der Waals surface area contributed by atoms with Gasteiger partial charge in [-0.25, -0.2) is 13.8 Å². The standard InChI is InChI=1S/C18H13F2N5O/c19-14-5-2-6-15(20)13(14)9-26-11-4-1-3-10(7-11)16-12(8-21)17(22)25-18(23)24-16/h1-7H,9H2,(H4,22,23,24,25). The van der Waals surface area contributed by atoms with Crippen molar-refractivity contribution in [1.29, 1.82) is 5.26 Å². The minimum absolute atomic E-state index is 0.0326. The number of rotatable bonds is 4. The number of nitrogens with two attached hydrogens (primary N) is 2. The molecule has 0 saturated heterocycles. The van der Waals surface area contributed by atoms with Crippen LogP contribution in [0.1, 0.15) is 11.1 Å². The normalized spacial score (nSPS) is 10.3. The molecule has 3 rings (SSSR count). The number of hydrogen-bond acceptors (Lipinski definition) is 6. The van der Waals surface area contributed by atoms with Crippen LogP contribution in [0.15, 0.2) is 42.5 Å². The highest BCUT2D eigenvalue weighted by atomic mass is 19.1. The van der Waals surface area contributed by atoms with Gasteiger partial charge in [-0.15, -0.1) is 0 Å². The van der Waals surface area contributed by atoms with Gasteiger partial charge in [0.15, 0.2) is 0 Å². The summed E-state index contributed by atoms with van der Waals surface area (Å²) in [5.74, 6) is -1.15. The zero-order chi connectivity index (χ0) is 18.7. The van der Waals surface area contributed by atoms with Crippen LogP contribution in [0.25, 0.3) is 11.3 Å². The lowest BCUT2D eigenvalue weighted by molar-refractivity contribution is 0.292. The Morgan fingerprint density at radius 2 is 1.73 bits per heavy atom. The zero-order valence-electron chi connectivity index (χ0n) is 13.4. The van der Waals surface area contributed by atoms with Gasteiger partial charge in [0.2, 0.25) is 5.95 Å². The van der Waals surface area contributed by atoms with Crippen molar-refractivity contribution in [1.82, 2.24) is 9.97 Å². The summed E-state index contributed by atoms with van der Waals surface area (Å²) in [6, 6.07) is 12.0. The number of benzene rings is 2. The fraction of sp³-hybridized carbons (Fsp3) is 0.0556. The molecule has 2 aromatic carbocycles. The molecule has 0 saturated carbocycles. The van der Waals surface area contributed by atoms with Gasteiger partial charge in [0.25, 0.3) is 0 Å². The van der Waals surface area contributed by atoms with E-state index in [2.05, 4.69) is 9.97 Å². The van der Waals surface area contributed by atoms with Gasteiger partial charge in [-0.05, 0) is 24.3 Å². The van der Waals surface area contributed by atoms with Gasteiger partial charge < -0.3 is 16.2 Å². The molecule has 0 unspecified atom stereocenters. The second kappa shape index (κ2) is 7.03. The first-order valence-electron chi connectivity index (χ1n) is 7.49. The van der Waals surface area contributed by atoms with Crippen LogP contribution in [-0.2, 0) is 6.61 Å². The average molecular weight is 353 g/mol. The van der Waals surface area contributed by atoms with Crippen LogP contribution in [0, 0.1) is 23.0 Å². The van der Waals surface area contributed by atoms with Gasteiger partial charge in [-0.2, -0.15) is 10.2 Å². The van der Waals surface area contributed by atoms with E-state index >= 15 is 0 Å². The van der Waals surface area contributed by atoms with E-state index in [1.807, 2.05) is 6.07 Å². The molecule has 0 aliphatic rings. The Hall–Kier alpha value is -3.73. The topological polar surface area (TPSA) is 111 Å². The number of nitriles is 1. The molecule has 130 valence electrons. The predicted octanol–water partition coefficient (Wildman–Crippen LogP) is 3.04. The van der Waals surface area contributed by atoms with E-state index in [4.69, 9.17) is 16.2 Å². The van der Waals surface area contributed by atoms with E-state index in [0.29, 0.717) is 11.3 Å². The van der Waals surface area contributed by atoms with Crippen LogP contribution in [0.5, 0.6) is 5.75 Å². The van der Waals surface area contributed by atoms with Crippen LogP contribution in [0.3, 0.4) is 0 Å². The molecule has 26 heavy (non-hydrogen) atoms. The minimum atomic E-state index is -0.690. The first-order valence-corrected chi connectivity index (χ1v) is 7.49. The molecular weight excluding hydrogens is 340 g/mol. The predicted molar refractivity (Wildman–Crippen MR) is 91.7 cm³/mol. The molecule has 0 radical (unpaired) electrons. The van der Waals surface area contributed by atoms with Crippen molar-refractivity contribution in [2.45, 2.75) is 6.61 Å². The molecule has 0 bridgehead atoms. The molecule has 8 heteroatoms. The SMILES string of the molecule is N#Cc1c(N)nc(N)nc1-c1cccc(OCc2c(F)cccc2F)c1. The average Bonchev–Trinajstić information content (AvgIpc) is 2.61. The smallest absolute Gasteiger partial charge is 0.222 e. The van der Waals surface area contributed by atoms with Gasteiger partial charge in [0.1, 0.15) is 41.4 Å². The second-order valence-electron chi connectivity index (χ2n) is 5.32. The fourth-order valence-electron chi connectivity index (χ4n) is 2.37. The molecule has 1 aromatic heterocycles. The number of anilines is 2. The molecule has 6 nitrogen and oxygen atoms in total. The maximum atomic E-state index is 13.7. The summed E-state index contributed by atoms with van der Waals surface area (Å²) in [6.45, 7) is -0.291. The summed E-state index contributed by atoms with van der Waals surface area (Å²) in [7, 11) is 0. The van der Waals surface area contributed by atoms with E-state index in [-0.39, 0.29) is 35.2 Å². The summed E-state index contributed by atoms with van der Waals surface area (Å²) in [6.07, 6.45) is 0. The second-order valence-corrected chi connectivity index (χ2v) is 5.32. The maximum Gasteiger partial charge on any atom is 0.222 e. The van der Waals surface area contributed by atoms with E-state index in [1.165, 1.54) is 6.07 Å². The van der Waals surface area contributed by atoms with Gasteiger partial charge in [0, 0.05) is 5.56 Å². The quantitative estimate of drug-likeness (QED) is 0.746. The van der Waals surface area contributed by atoms with Gasteiger partial charge >= 0.3 is 0 Å². The third kappa shape index (κ3) is 3.37. The van der Waals surface area contributed by atoms with Crippen LogP contribution < -0.4 is 16.2 Å². The lowest BCUT2D eigenvalue weighted by atomic mass is 10.1. The summed E-state index contributed by atoms with van der Waals surface area (Å²) in [5, 5.41) is 9.27. The third-order valence-electron chi connectivity index (χ3n) is 3.62. The van der Waals surface area contributed by atoms with E-state index < -0.39 is 11.6 Å². The summed E-state index contributed by atoms with van der Waals surface area (Å²) >= 11 is 0. The van der Waals surface area contributed by atoms with Crippen molar-refractivity contribution in [3.05, 3.63) is 65.2 Å². The van der Waals surface area contributed by atoms with E-state index in [0.717, 1.165) is 12.1 Å². The largest absolute Gasteiger partial charge is 0.489 e. The summed E-state index contributed by atoms with van der Waals surface area (Å²) in [5.41, 5.74) is 12.0. The molecule has 1 heterocycles. The Labute approximate surface area is 147 Å². The van der Waals surface area contributed by atoms with Crippen molar-refractivity contribution >= 4 is 11.8 Å². The lowest BCUT2D eigenvalue weighted by Gasteiger charge is -2.11. The Balaban J connectivity index is 1.92. The number of aromatic nitrogens is 2. The summed E-state index contributed by atoms with van der Waals surface area (Å²) in [4.78, 5) is 7.81. The van der Waals surface area contributed by atoms with Crippen molar-refractivity contribution in [3.8, 4) is 23.1 Å². The molecule has 0 atom stereocenters. The molecular formula is C18H13F2N5O. The van der Waals surface area contributed by atoms with Crippen LogP contribution in [0.4, 0.5) is 20.5 Å². The van der Waals surface area contributed by atoms with Gasteiger partial charge in [0.05, 0.1) is 11.3 Å². The molecule has 0 amide bonds. The minimum Gasteiger partial charge on any atom is -0.489 e. The summed E-state index contributed by atoms with van der Waals surface area (Å²) < 4.78 is 32.8. The van der Waals surface area contributed by atoms with E-state index in [9.17, 15) is 14.0 Å². The van der Waals surface area contributed by atoms with Crippen molar-refractivity contribution < 1.29 is 13.5 Å². The molecule has 0 spiro atoms. The Bertz CT molecular complexity index is 997. The Kier molecular flexibility index (Phi) is 4.62. The van der Waals surface area contributed by atoms with Gasteiger partial charge in [-0.1, -0.05) is 18.2 Å². The van der Waals surface area contributed by atoms with Crippen molar-refractivity contribution in [3.63, 3.8) is 0 Å². The number of nitrogen functional groups attached to an aromatic ring is 2. The van der Waals surface area contributed by atoms with E-state index in [1.54, 1.807) is 24.3 Å². The fourth-order valence-corrected chi connectivity index (χ4v) is 2.37. The number of ether oxygens (including phenoxy) is 1. The van der Waals surface area contributed by atoms with Crippen molar-refractivity contribution in [2.75, 3.05) is 11.5 Å². The highest BCUT2D eigenvalue weighted by molar-refractivity contribution is 5.73. The maximum absolute atomic E-state index is 13.7.